The minimum atomic E-state index is -0.638. The van der Waals surface area contributed by atoms with Crippen molar-refractivity contribution in [3.05, 3.63) is 54.3 Å². The van der Waals surface area contributed by atoms with E-state index >= 15 is 0 Å². The fourth-order valence-electron chi connectivity index (χ4n) is 2.41. The minimum Gasteiger partial charge on any atom is -0.463 e. The summed E-state index contributed by atoms with van der Waals surface area (Å²) in [5.41, 5.74) is 1.54. The number of hydrogen-bond donors (Lipinski definition) is 1. The molecular weight excluding hydrogens is 371 g/mol. The standard InChI is InChI=1S/C19H18ClFN4O2/c1-3-27-19-23-17(15-6-4-5-7-16(15)21)25(24-19)14-10-8-13(9-11-14)22-18(26)12(2)20/h4-12H,3H2,1-2H3,(H,22,26). The lowest BCUT2D eigenvalue weighted by molar-refractivity contribution is -0.115. The molecule has 3 rings (SSSR count). The number of carbonyl (C=O) groups is 1. The van der Waals surface area contributed by atoms with Crippen LogP contribution in [0, 0.1) is 5.82 Å². The summed E-state index contributed by atoms with van der Waals surface area (Å²) in [5, 5.41) is 6.38. The summed E-state index contributed by atoms with van der Waals surface area (Å²) in [6.45, 7) is 3.80. The molecule has 140 valence electrons. The summed E-state index contributed by atoms with van der Waals surface area (Å²) in [6, 6.07) is 13.4. The lowest BCUT2D eigenvalue weighted by Gasteiger charge is -2.09. The maximum Gasteiger partial charge on any atom is 0.336 e. The summed E-state index contributed by atoms with van der Waals surface area (Å²) in [4.78, 5) is 16.0. The molecule has 1 amide bonds. The molecule has 1 aromatic heterocycles. The van der Waals surface area contributed by atoms with Crippen molar-refractivity contribution in [2.24, 2.45) is 0 Å². The molecule has 0 aliphatic rings. The van der Waals surface area contributed by atoms with Crippen LogP contribution in [0.15, 0.2) is 48.5 Å². The first-order chi connectivity index (χ1) is 13.0. The number of halogens is 2. The third-order valence-corrected chi connectivity index (χ3v) is 3.91. The van der Waals surface area contributed by atoms with Gasteiger partial charge in [-0.1, -0.05) is 12.1 Å². The van der Waals surface area contributed by atoms with E-state index in [1.807, 2.05) is 6.92 Å². The second kappa shape index (κ2) is 8.18. The van der Waals surface area contributed by atoms with Crippen LogP contribution >= 0.6 is 11.6 Å². The lowest BCUT2D eigenvalue weighted by Crippen LogP contribution is -2.20. The largest absolute Gasteiger partial charge is 0.463 e. The number of benzene rings is 2. The Balaban J connectivity index is 1.98. The molecule has 0 bridgehead atoms. The maximum atomic E-state index is 14.3. The maximum absolute atomic E-state index is 14.3. The molecule has 3 aromatic rings. The van der Waals surface area contributed by atoms with Gasteiger partial charge in [0.05, 0.1) is 17.9 Å². The van der Waals surface area contributed by atoms with Gasteiger partial charge in [0.2, 0.25) is 5.91 Å². The molecule has 1 unspecified atom stereocenters. The Morgan fingerprint density at radius 2 is 1.96 bits per heavy atom. The third kappa shape index (κ3) is 4.25. The highest BCUT2D eigenvalue weighted by molar-refractivity contribution is 6.32. The van der Waals surface area contributed by atoms with Crippen LogP contribution in [0.4, 0.5) is 10.1 Å². The highest BCUT2D eigenvalue weighted by Crippen LogP contribution is 2.26. The second-order valence-electron chi connectivity index (χ2n) is 5.69. The Bertz CT molecular complexity index is 941. The monoisotopic (exact) mass is 388 g/mol. The van der Waals surface area contributed by atoms with Crippen molar-refractivity contribution < 1.29 is 13.9 Å². The van der Waals surface area contributed by atoms with Gasteiger partial charge in [-0.3, -0.25) is 4.79 Å². The fraction of sp³-hybridized carbons (Fsp3) is 0.211. The van der Waals surface area contributed by atoms with Gasteiger partial charge in [-0.15, -0.1) is 16.7 Å². The van der Waals surface area contributed by atoms with Crippen molar-refractivity contribution in [3.8, 4) is 23.1 Å². The molecule has 1 heterocycles. The first-order valence-electron chi connectivity index (χ1n) is 8.39. The Hall–Kier alpha value is -2.93. The molecule has 0 fully saturated rings. The molecule has 1 atom stereocenters. The number of aromatic nitrogens is 3. The molecule has 0 radical (unpaired) electrons. The van der Waals surface area contributed by atoms with E-state index in [-0.39, 0.29) is 11.9 Å². The quantitative estimate of drug-likeness (QED) is 0.647. The average Bonchev–Trinajstić information content (AvgIpc) is 3.06. The highest BCUT2D eigenvalue weighted by Gasteiger charge is 2.17. The van der Waals surface area contributed by atoms with Crippen molar-refractivity contribution in [1.29, 1.82) is 0 Å². The number of amides is 1. The smallest absolute Gasteiger partial charge is 0.336 e. The van der Waals surface area contributed by atoms with Crippen LogP contribution in [0.25, 0.3) is 17.1 Å². The van der Waals surface area contributed by atoms with Crippen LogP contribution in [0.2, 0.25) is 0 Å². The Morgan fingerprint density at radius 3 is 2.59 bits per heavy atom. The molecule has 0 saturated heterocycles. The molecule has 1 N–H and O–H groups in total. The van der Waals surface area contributed by atoms with Crippen LogP contribution in [-0.4, -0.2) is 32.7 Å². The summed E-state index contributed by atoms with van der Waals surface area (Å²) in [6.07, 6.45) is 0. The van der Waals surface area contributed by atoms with Crippen LogP contribution in [0.5, 0.6) is 6.01 Å². The van der Waals surface area contributed by atoms with Gasteiger partial charge < -0.3 is 10.1 Å². The number of anilines is 1. The van der Waals surface area contributed by atoms with Crippen molar-refractivity contribution in [2.75, 3.05) is 11.9 Å². The van der Waals surface area contributed by atoms with E-state index in [4.69, 9.17) is 16.3 Å². The molecule has 6 nitrogen and oxygen atoms in total. The Kier molecular flexibility index (Phi) is 5.71. The van der Waals surface area contributed by atoms with Crippen molar-refractivity contribution in [1.82, 2.24) is 14.8 Å². The first-order valence-corrected chi connectivity index (χ1v) is 8.83. The Labute approximate surface area is 160 Å². The Morgan fingerprint density at radius 1 is 1.26 bits per heavy atom. The summed E-state index contributed by atoms with van der Waals surface area (Å²) in [7, 11) is 0. The van der Waals surface area contributed by atoms with Crippen LogP contribution in [-0.2, 0) is 4.79 Å². The zero-order valence-electron chi connectivity index (χ0n) is 14.8. The number of rotatable bonds is 6. The number of carbonyl (C=O) groups excluding carboxylic acids is 1. The zero-order valence-corrected chi connectivity index (χ0v) is 15.6. The van der Waals surface area contributed by atoms with Gasteiger partial charge >= 0.3 is 6.01 Å². The number of nitrogens with zero attached hydrogens (tertiary/aromatic N) is 3. The van der Waals surface area contributed by atoms with Gasteiger partial charge in [0.1, 0.15) is 11.2 Å². The molecule has 2 aromatic carbocycles. The van der Waals surface area contributed by atoms with Gasteiger partial charge in [-0.05, 0) is 50.2 Å². The number of alkyl halides is 1. The van der Waals surface area contributed by atoms with Crippen molar-refractivity contribution >= 4 is 23.2 Å². The van der Waals surface area contributed by atoms with Gasteiger partial charge in [-0.2, -0.15) is 4.98 Å². The average molecular weight is 389 g/mol. The molecule has 27 heavy (non-hydrogen) atoms. The molecule has 0 aliphatic carbocycles. The van der Waals surface area contributed by atoms with Gasteiger partial charge in [0.15, 0.2) is 5.82 Å². The minimum absolute atomic E-state index is 0.157. The number of nitrogens with one attached hydrogen (secondary N) is 1. The molecule has 8 heteroatoms. The normalized spacial score (nSPS) is 11.9. The molecule has 0 spiro atoms. The predicted octanol–water partition coefficient (Wildman–Crippen LogP) is 4.04. The zero-order chi connectivity index (χ0) is 19.4. The molecule has 0 saturated carbocycles. The van der Waals surface area contributed by atoms with E-state index in [9.17, 15) is 9.18 Å². The predicted molar refractivity (Wildman–Crippen MR) is 102 cm³/mol. The fourth-order valence-corrected chi connectivity index (χ4v) is 2.46. The van der Waals surface area contributed by atoms with E-state index < -0.39 is 11.2 Å². The van der Waals surface area contributed by atoms with Crippen molar-refractivity contribution in [2.45, 2.75) is 19.2 Å². The van der Waals surface area contributed by atoms with Gasteiger partial charge in [0, 0.05) is 5.69 Å². The van der Waals surface area contributed by atoms with Crippen LogP contribution in [0.3, 0.4) is 0 Å². The van der Waals surface area contributed by atoms with E-state index in [1.54, 1.807) is 49.4 Å². The SMILES string of the molecule is CCOc1nc(-c2ccccc2F)n(-c2ccc(NC(=O)C(C)Cl)cc2)n1. The highest BCUT2D eigenvalue weighted by atomic mass is 35.5. The topological polar surface area (TPSA) is 69.0 Å². The van der Waals surface area contributed by atoms with Crippen LogP contribution in [0.1, 0.15) is 13.8 Å². The first kappa shape index (κ1) is 18.8. The van der Waals surface area contributed by atoms with E-state index in [1.165, 1.54) is 10.7 Å². The van der Waals surface area contributed by atoms with Gasteiger partial charge in [0.25, 0.3) is 0 Å². The summed E-state index contributed by atoms with van der Waals surface area (Å²) < 4.78 is 21.1. The molecule has 0 aliphatic heterocycles. The van der Waals surface area contributed by atoms with E-state index in [0.29, 0.717) is 29.4 Å². The second-order valence-corrected chi connectivity index (χ2v) is 6.35. The summed E-state index contributed by atoms with van der Waals surface area (Å²) in [5.74, 6) is -0.382. The number of ether oxygens (including phenoxy) is 1. The van der Waals surface area contributed by atoms with Gasteiger partial charge in [-0.25, -0.2) is 9.07 Å². The van der Waals surface area contributed by atoms with Crippen LogP contribution < -0.4 is 10.1 Å². The van der Waals surface area contributed by atoms with E-state index in [2.05, 4.69) is 15.4 Å². The molecular formula is C19H18ClFN4O2. The van der Waals surface area contributed by atoms with Crippen molar-refractivity contribution in [3.63, 3.8) is 0 Å². The van der Waals surface area contributed by atoms with E-state index in [0.717, 1.165) is 0 Å². The summed E-state index contributed by atoms with van der Waals surface area (Å²) >= 11 is 5.76. The number of hydrogen-bond acceptors (Lipinski definition) is 4. The lowest BCUT2D eigenvalue weighted by atomic mass is 10.2. The third-order valence-electron chi connectivity index (χ3n) is 3.72.